The van der Waals surface area contributed by atoms with Crippen LogP contribution in [0.4, 0.5) is 0 Å². The van der Waals surface area contributed by atoms with E-state index in [1.54, 1.807) is 11.8 Å². The number of unbranched alkanes of at least 4 members (excludes halogenated alkanes) is 9. The molecule has 172 valence electrons. The molecule has 0 spiro atoms. The minimum Gasteiger partial charge on any atom is -0.469 e. The van der Waals surface area contributed by atoms with E-state index in [9.17, 15) is 14.7 Å². The molecule has 0 radical (unpaired) electrons. The first-order valence-corrected chi connectivity index (χ1v) is 12.5. The number of hydrogen-bond acceptors (Lipinski definition) is 6. The molecule has 0 aromatic carbocycles. The van der Waals surface area contributed by atoms with Crippen LogP contribution in [0.2, 0.25) is 0 Å². The maximum atomic E-state index is 11.4. The number of rotatable bonds is 20. The topological polar surface area (TPSA) is 72.8 Å². The van der Waals surface area contributed by atoms with Crippen molar-refractivity contribution in [2.45, 2.75) is 115 Å². The van der Waals surface area contributed by atoms with E-state index in [0.29, 0.717) is 25.0 Å². The van der Waals surface area contributed by atoms with Crippen molar-refractivity contribution in [1.82, 2.24) is 0 Å². The van der Waals surface area contributed by atoms with Gasteiger partial charge in [-0.1, -0.05) is 71.1 Å². The molecule has 0 saturated heterocycles. The van der Waals surface area contributed by atoms with Crippen molar-refractivity contribution < 1.29 is 24.2 Å². The molecule has 0 amide bonds. The highest BCUT2D eigenvalue weighted by Crippen LogP contribution is 2.25. The number of methoxy groups -OCH3 is 2. The number of aliphatic hydroxyl groups excluding tert-OH is 1. The number of esters is 2. The van der Waals surface area contributed by atoms with E-state index < -0.39 is 6.10 Å². The Morgan fingerprint density at radius 3 is 1.86 bits per heavy atom. The van der Waals surface area contributed by atoms with Gasteiger partial charge in [0, 0.05) is 17.4 Å². The monoisotopic (exact) mass is 432 g/mol. The lowest BCUT2D eigenvalue weighted by Gasteiger charge is -2.22. The third kappa shape index (κ3) is 17.8. The average molecular weight is 433 g/mol. The highest BCUT2D eigenvalue weighted by Gasteiger charge is 2.20. The molecule has 0 heterocycles. The van der Waals surface area contributed by atoms with Crippen molar-refractivity contribution in [1.29, 1.82) is 0 Å². The molecule has 0 rings (SSSR count). The molecule has 2 atom stereocenters. The molecule has 0 aromatic heterocycles. The summed E-state index contributed by atoms with van der Waals surface area (Å²) in [5.74, 6) is 0.277. The molecule has 0 aromatic rings. The van der Waals surface area contributed by atoms with Gasteiger partial charge in [0.2, 0.25) is 0 Å². The number of carbonyl (C=O) groups is 2. The summed E-state index contributed by atoms with van der Waals surface area (Å²) in [5.41, 5.74) is 0. The summed E-state index contributed by atoms with van der Waals surface area (Å²) in [7, 11) is 2.80. The second-order valence-corrected chi connectivity index (χ2v) is 9.09. The minimum absolute atomic E-state index is 0.141. The van der Waals surface area contributed by atoms with E-state index in [2.05, 4.69) is 11.7 Å². The quantitative estimate of drug-likeness (QED) is 0.197. The molecule has 0 bridgehead atoms. The van der Waals surface area contributed by atoms with Gasteiger partial charge in [-0.15, -0.1) is 0 Å². The van der Waals surface area contributed by atoms with Gasteiger partial charge in [-0.05, 0) is 19.3 Å². The first-order valence-electron chi connectivity index (χ1n) is 11.5. The molecule has 29 heavy (non-hydrogen) atoms. The summed E-state index contributed by atoms with van der Waals surface area (Å²) < 4.78 is 9.36. The summed E-state index contributed by atoms with van der Waals surface area (Å²) in [4.78, 5) is 22.5. The van der Waals surface area contributed by atoms with Gasteiger partial charge >= 0.3 is 11.9 Å². The molecule has 0 saturated carbocycles. The molecule has 0 aliphatic heterocycles. The van der Waals surface area contributed by atoms with Gasteiger partial charge in [0.1, 0.15) is 0 Å². The Labute approximate surface area is 182 Å². The number of thioether (sulfide) groups is 1. The zero-order valence-electron chi connectivity index (χ0n) is 19.0. The first-order chi connectivity index (χ1) is 14.0. The maximum Gasteiger partial charge on any atom is 0.306 e. The Hall–Kier alpha value is -0.750. The Morgan fingerprint density at radius 2 is 1.28 bits per heavy atom. The number of carbonyl (C=O) groups excluding carboxylic acids is 2. The van der Waals surface area contributed by atoms with Crippen LogP contribution in [-0.2, 0) is 19.1 Å². The smallest absolute Gasteiger partial charge is 0.306 e. The van der Waals surface area contributed by atoms with Gasteiger partial charge in [0.25, 0.3) is 0 Å². The van der Waals surface area contributed by atoms with Crippen LogP contribution in [0, 0.1) is 0 Å². The second-order valence-electron chi connectivity index (χ2n) is 7.74. The number of aliphatic hydroxyl groups is 1. The molecule has 0 unspecified atom stereocenters. The van der Waals surface area contributed by atoms with Crippen molar-refractivity contribution in [3.05, 3.63) is 0 Å². The number of hydrogen-bond donors (Lipinski definition) is 1. The lowest BCUT2D eigenvalue weighted by Crippen LogP contribution is -2.24. The molecular weight excluding hydrogens is 388 g/mol. The predicted octanol–water partition coefficient (Wildman–Crippen LogP) is 5.67. The largest absolute Gasteiger partial charge is 0.469 e. The van der Waals surface area contributed by atoms with Crippen LogP contribution >= 0.6 is 11.8 Å². The van der Waals surface area contributed by atoms with Crippen LogP contribution in [0.25, 0.3) is 0 Å². The molecule has 0 aliphatic rings. The van der Waals surface area contributed by atoms with E-state index in [1.165, 1.54) is 65.6 Å². The van der Waals surface area contributed by atoms with Gasteiger partial charge < -0.3 is 14.6 Å². The van der Waals surface area contributed by atoms with Crippen LogP contribution < -0.4 is 0 Å². The third-order valence-corrected chi connectivity index (χ3v) is 6.66. The molecule has 0 fully saturated rings. The van der Waals surface area contributed by atoms with E-state index in [1.807, 2.05) is 0 Å². The van der Waals surface area contributed by atoms with Crippen LogP contribution in [0.5, 0.6) is 0 Å². The highest BCUT2D eigenvalue weighted by atomic mass is 32.2. The van der Waals surface area contributed by atoms with Gasteiger partial charge in [-0.3, -0.25) is 9.59 Å². The predicted molar refractivity (Wildman–Crippen MR) is 121 cm³/mol. The van der Waals surface area contributed by atoms with E-state index in [0.717, 1.165) is 25.7 Å². The SMILES string of the molecule is CCCCCCCCCCC[C@@H](SCCC(=O)OC)[C@H](O)CCCCC(=O)OC. The standard InChI is InChI=1S/C23H44O5S/c1-4-5-6-7-8-9-10-11-12-16-21(29-19-18-23(26)28-3)20(24)15-13-14-17-22(25)27-2/h20-21,24H,4-19H2,1-3H3/t20-,21-/m1/s1. The summed E-state index contributed by atoms with van der Waals surface area (Å²) in [5, 5.41) is 10.8. The molecule has 0 aliphatic carbocycles. The van der Waals surface area contributed by atoms with Gasteiger partial charge in [-0.2, -0.15) is 11.8 Å². The van der Waals surface area contributed by atoms with E-state index in [4.69, 9.17) is 4.74 Å². The van der Waals surface area contributed by atoms with Crippen molar-refractivity contribution in [3.8, 4) is 0 Å². The Bertz CT molecular complexity index is 403. The van der Waals surface area contributed by atoms with Crippen molar-refractivity contribution in [2.24, 2.45) is 0 Å². The van der Waals surface area contributed by atoms with Crippen molar-refractivity contribution in [2.75, 3.05) is 20.0 Å². The fourth-order valence-electron chi connectivity index (χ4n) is 3.35. The fourth-order valence-corrected chi connectivity index (χ4v) is 4.63. The van der Waals surface area contributed by atoms with Crippen LogP contribution in [-0.4, -0.2) is 48.4 Å². The van der Waals surface area contributed by atoms with Gasteiger partial charge in [-0.25, -0.2) is 0 Å². The zero-order chi connectivity index (χ0) is 21.7. The van der Waals surface area contributed by atoms with E-state index >= 15 is 0 Å². The normalized spacial score (nSPS) is 13.1. The van der Waals surface area contributed by atoms with Crippen molar-refractivity contribution >= 4 is 23.7 Å². The van der Waals surface area contributed by atoms with E-state index in [-0.39, 0.29) is 17.2 Å². The molecule has 6 heteroatoms. The maximum absolute atomic E-state index is 11.4. The summed E-state index contributed by atoms with van der Waals surface area (Å²) >= 11 is 1.68. The molecular formula is C23H44O5S. The minimum atomic E-state index is -0.399. The highest BCUT2D eigenvalue weighted by molar-refractivity contribution is 7.99. The Kier molecular flexibility index (Phi) is 20.0. The van der Waals surface area contributed by atoms with Crippen molar-refractivity contribution in [3.63, 3.8) is 0 Å². The molecule has 1 N–H and O–H groups in total. The zero-order valence-corrected chi connectivity index (χ0v) is 19.8. The number of ether oxygens (including phenoxy) is 2. The van der Waals surface area contributed by atoms with Crippen LogP contribution in [0.3, 0.4) is 0 Å². The molecule has 5 nitrogen and oxygen atoms in total. The first kappa shape index (κ1) is 28.2. The average Bonchev–Trinajstić information content (AvgIpc) is 2.73. The summed E-state index contributed by atoms with van der Waals surface area (Å²) in [6, 6.07) is 0. The Balaban J connectivity index is 4.11. The van der Waals surface area contributed by atoms with Gasteiger partial charge in [0.15, 0.2) is 0 Å². The lowest BCUT2D eigenvalue weighted by atomic mass is 10.0. The summed E-state index contributed by atoms with van der Waals surface area (Å²) in [6.07, 6.45) is 15.2. The van der Waals surface area contributed by atoms with Gasteiger partial charge in [0.05, 0.1) is 26.7 Å². The van der Waals surface area contributed by atoms with Crippen LogP contribution in [0.1, 0.15) is 103 Å². The summed E-state index contributed by atoms with van der Waals surface area (Å²) in [6.45, 7) is 2.24. The lowest BCUT2D eigenvalue weighted by molar-refractivity contribution is -0.141. The second kappa shape index (κ2) is 20.5. The fraction of sp³-hybridized carbons (Fsp3) is 0.913. The Morgan fingerprint density at radius 1 is 0.759 bits per heavy atom. The van der Waals surface area contributed by atoms with Crippen LogP contribution in [0.15, 0.2) is 0 Å². The third-order valence-electron chi connectivity index (χ3n) is 5.25.